The molecular formula is C13H4Cl4O2. The Hall–Kier alpha value is -0.930. The van der Waals surface area contributed by atoms with Gasteiger partial charge in [-0.2, -0.15) is 0 Å². The molecule has 3 aromatic rings. The average Bonchev–Trinajstić information content (AvgIpc) is 2.43. The molecule has 0 unspecified atom stereocenters. The van der Waals surface area contributed by atoms with Gasteiger partial charge in [-0.1, -0.05) is 58.5 Å². The Bertz CT molecular complexity index is 883. The molecule has 0 saturated carbocycles. The standard InChI is InChI=1S/C13H4Cl4O2/c14-8-7-12(18)5-3-1-2-4-6(5)19-13(7)11(17)10(16)9(8)15/h1-4H. The van der Waals surface area contributed by atoms with Gasteiger partial charge in [-0.25, -0.2) is 0 Å². The molecule has 0 spiro atoms. The molecule has 0 aliphatic carbocycles. The summed E-state index contributed by atoms with van der Waals surface area (Å²) in [6.45, 7) is 0. The molecule has 3 rings (SSSR count). The normalized spacial score (nSPS) is 11.4. The zero-order valence-electron chi connectivity index (χ0n) is 9.14. The van der Waals surface area contributed by atoms with E-state index in [4.69, 9.17) is 50.8 Å². The lowest BCUT2D eigenvalue weighted by Gasteiger charge is -2.08. The maximum absolute atomic E-state index is 12.4. The van der Waals surface area contributed by atoms with Gasteiger partial charge < -0.3 is 4.42 Å². The molecule has 2 aromatic carbocycles. The number of benzene rings is 2. The largest absolute Gasteiger partial charge is 0.454 e. The molecule has 0 fully saturated rings. The Kier molecular flexibility index (Phi) is 3.14. The molecule has 0 amide bonds. The second kappa shape index (κ2) is 4.57. The molecule has 96 valence electrons. The van der Waals surface area contributed by atoms with Crippen LogP contribution in [0.1, 0.15) is 0 Å². The Balaban J connectivity index is 2.71. The van der Waals surface area contributed by atoms with Crippen LogP contribution in [0.25, 0.3) is 21.9 Å². The van der Waals surface area contributed by atoms with Crippen LogP contribution in [0.5, 0.6) is 0 Å². The molecule has 0 aliphatic rings. The first-order valence-electron chi connectivity index (χ1n) is 5.20. The molecule has 6 heteroatoms. The molecule has 0 aliphatic heterocycles. The molecule has 0 N–H and O–H groups in total. The van der Waals surface area contributed by atoms with E-state index in [1.807, 2.05) is 0 Å². The number of rotatable bonds is 0. The van der Waals surface area contributed by atoms with E-state index in [0.717, 1.165) is 0 Å². The summed E-state index contributed by atoms with van der Waals surface area (Å²) in [7, 11) is 0. The molecule has 0 radical (unpaired) electrons. The van der Waals surface area contributed by atoms with E-state index in [1.165, 1.54) is 0 Å². The van der Waals surface area contributed by atoms with Gasteiger partial charge in [0.25, 0.3) is 0 Å². The van der Waals surface area contributed by atoms with Crippen molar-refractivity contribution in [1.29, 1.82) is 0 Å². The summed E-state index contributed by atoms with van der Waals surface area (Å²) in [5.41, 5.74) is 0.267. The number of hydrogen-bond donors (Lipinski definition) is 0. The van der Waals surface area contributed by atoms with Crippen molar-refractivity contribution in [2.45, 2.75) is 0 Å². The third kappa shape index (κ3) is 1.83. The fraction of sp³-hybridized carbons (Fsp3) is 0. The molecule has 1 heterocycles. The van der Waals surface area contributed by atoms with Crippen LogP contribution in [-0.2, 0) is 0 Å². The highest BCUT2D eigenvalue weighted by molar-refractivity contribution is 6.55. The second-order valence-corrected chi connectivity index (χ2v) is 5.40. The van der Waals surface area contributed by atoms with Crippen molar-refractivity contribution < 1.29 is 4.42 Å². The summed E-state index contributed by atoms with van der Waals surface area (Å²) in [6.07, 6.45) is 0. The average molecular weight is 334 g/mol. The number of halogens is 4. The summed E-state index contributed by atoms with van der Waals surface area (Å²) in [6, 6.07) is 6.80. The van der Waals surface area contributed by atoms with E-state index in [0.29, 0.717) is 11.0 Å². The van der Waals surface area contributed by atoms with Crippen molar-refractivity contribution in [3.05, 3.63) is 54.6 Å². The zero-order valence-corrected chi connectivity index (χ0v) is 12.2. The molecule has 19 heavy (non-hydrogen) atoms. The Morgan fingerprint density at radius 3 is 2.21 bits per heavy atom. The number of hydrogen-bond acceptors (Lipinski definition) is 2. The van der Waals surface area contributed by atoms with Gasteiger partial charge in [0.1, 0.15) is 10.6 Å². The predicted molar refractivity (Wildman–Crippen MR) is 80.0 cm³/mol. The maximum Gasteiger partial charge on any atom is 0.202 e. The summed E-state index contributed by atoms with van der Waals surface area (Å²) in [5, 5.41) is 0.785. The van der Waals surface area contributed by atoms with Gasteiger partial charge >= 0.3 is 0 Å². The van der Waals surface area contributed by atoms with E-state index in [2.05, 4.69) is 0 Å². The van der Waals surface area contributed by atoms with Crippen LogP contribution in [0, 0.1) is 0 Å². The van der Waals surface area contributed by atoms with Crippen molar-refractivity contribution in [2.24, 2.45) is 0 Å². The monoisotopic (exact) mass is 332 g/mol. The van der Waals surface area contributed by atoms with Crippen molar-refractivity contribution >= 4 is 68.3 Å². The molecule has 0 bridgehead atoms. The van der Waals surface area contributed by atoms with Gasteiger partial charge in [0.05, 0.1) is 25.8 Å². The SMILES string of the molecule is O=c1c2ccccc2oc2c(Cl)c(Cl)c(Cl)c(Cl)c12. The number of fused-ring (bicyclic) bond motifs is 2. The van der Waals surface area contributed by atoms with E-state index in [-0.39, 0.29) is 36.5 Å². The van der Waals surface area contributed by atoms with Gasteiger partial charge in [-0.3, -0.25) is 4.79 Å². The minimum absolute atomic E-state index is 0.0448. The van der Waals surface area contributed by atoms with Gasteiger partial charge in [0.15, 0.2) is 5.58 Å². The van der Waals surface area contributed by atoms with Crippen LogP contribution in [0.2, 0.25) is 20.1 Å². The highest BCUT2D eigenvalue weighted by Crippen LogP contribution is 2.42. The topological polar surface area (TPSA) is 30.2 Å². The molecule has 2 nitrogen and oxygen atoms in total. The van der Waals surface area contributed by atoms with Crippen molar-refractivity contribution in [3.8, 4) is 0 Å². The molecule has 0 atom stereocenters. The van der Waals surface area contributed by atoms with Crippen LogP contribution in [0.3, 0.4) is 0 Å². The highest BCUT2D eigenvalue weighted by atomic mass is 35.5. The van der Waals surface area contributed by atoms with Crippen molar-refractivity contribution in [3.63, 3.8) is 0 Å². The lowest BCUT2D eigenvalue weighted by Crippen LogP contribution is -2.03. The van der Waals surface area contributed by atoms with Crippen LogP contribution >= 0.6 is 46.4 Å². The molecule has 1 aromatic heterocycles. The second-order valence-electron chi connectivity index (χ2n) is 3.89. The Morgan fingerprint density at radius 1 is 0.842 bits per heavy atom. The third-order valence-corrected chi connectivity index (χ3v) is 4.58. The van der Waals surface area contributed by atoms with E-state index < -0.39 is 0 Å². The number of para-hydroxylation sites is 1. The van der Waals surface area contributed by atoms with E-state index in [1.54, 1.807) is 24.3 Å². The molecular weight excluding hydrogens is 330 g/mol. The maximum atomic E-state index is 12.4. The van der Waals surface area contributed by atoms with E-state index in [9.17, 15) is 4.79 Å². The molecule has 0 saturated heterocycles. The summed E-state index contributed by atoms with van der Waals surface area (Å²) in [4.78, 5) is 12.4. The fourth-order valence-electron chi connectivity index (χ4n) is 1.90. The summed E-state index contributed by atoms with van der Waals surface area (Å²) >= 11 is 24.1. The van der Waals surface area contributed by atoms with Crippen LogP contribution in [-0.4, -0.2) is 0 Å². The van der Waals surface area contributed by atoms with Gasteiger partial charge in [-0.05, 0) is 12.1 Å². The Labute approximate surface area is 127 Å². The van der Waals surface area contributed by atoms with Crippen LogP contribution in [0.15, 0.2) is 33.5 Å². The lowest BCUT2D eigenvalue weighted by atomic mass is 10.1. The fourth-order valence-corrected chi connectivity index (χ4v) is 2.86. The lowest BCUT2D eigenvalue weighted by molar-refractivity contribution is 0.660. The minimum Gasteiger partial charge on any atom is -0.454 e. The van der Waals surface area contributed by atoms with Gasteiger partial charge in [-0.15, -0.1) is 0 Å². The smallest absolute Gasteiger partial charge is 0.202 e. The summed E-state index contributed by atoms with van der Waals surface area (Å²) < 4.78 is 5.61. The third-order valence-electron chi connectivity index (χ3n) is 2.79. The van der Waals surface area contributed by atoms with Crippen molar-refractivity contribution in [1.82, 2.24) is 0 Å². The predicted octanol–water partition coefficient (Wildman–Crippen LogP) is 5.56. The first-order chi connectivity index (χ1) is 9.02. The first-order valence-corrected chi connectivity index (χ1v) is 6.71. The van der Waals surface area contributed by atoms with Gasteiger partial charge in [0.2, 0.25) is 5.43 Å². The highest BCUT2D eigenvalue weighted by Gasteiger charge is 2.20. The quantitative estimate of drug-likeness (QED) is 0.306. The zero-order chi connectivity index (χ0) is 13.7. The van der Waals surface area contributed by atoms with Crippen LogP contribution < -0.4 is 5.43 Å². The van der Waals surface area contributed by atoms with Crippen molar-refractivity contribution in [2.75, 3.05) is 0 Å². The summed E-state index contributed by atoms with van der Waals surface area (Å²) in [5.74, 6) is 0. The first kappa shape index (κ1) is 13.1. The Morgan fingerprint density at radius 2 is 1.47 bits per heavy atom. The minimum atomic E-state index is -0.290. The van der Waals surface area contributed by atoms with Gasteiger partial charge in [0, 0.05) is 0 Å². The van der Waals surface area contributed by atoms with Crippen LogP contribution in [0.4, 0.5) is 0 Å². The van der Waals surface area contributed by atoms with E-state index >= 15 is 0 Å².